The molecule has 2 aromatic heterocycles. The van der Waals surface area contributed by atoms with Crippen molar-refractivity contribution in [2.75, 3.05) is 36.7 Å². The molecule has 1 saturated heterocycles. The van der Waals surface area contributed by atoms with Crippen molar-refractivity contribution in [1.29, 1.82) is 0 Å². The number of halogens is 1. The maximum atomic E-state index is 15.8. The third-order valence-electron chi connectivity index (χ3n) is 7.29. The Kier molecular flexibility index (Phi) is 9.42. The molecule has 46 heavy (non-hydrogen) atoms. The number of amides is 2. The molecular formula is C33H37FN6O5S. The fourth-order valence-corrected chi connectivity index (χ4v) is 6.22. The number of hydrogen-bond donors (Lipinski definition) is 1. The summed E-state index contributed by atoms with van der Waals surface area (Å²) >= 11 is 0. The van der Waals surface area contributed by atoms with Gasteiger partial charge < -0.3 is 14.5 Å². The molecular weight excluding hydrogens is 611 g/mol. The zero-order chi connectivity index (χ0) is 33.1. The van der Waals surface area contributed by atoms with Crippen molar-refractivity contribution in [3.63, 3.8) is 0 Å². The summed E-state index contributed by atoms with van der Waals surface area (Å²) in [4.78, 5) is 33.0. The summed E-state index contributed by atoms with van der Waals surface area (Å²) in [5.74, 6) is -0.999. The van der Waals surface area contributed by atoms with Crippen LogP contribution in [0.5, 0.6) is 0 Å². The van der Waals surface area contributed by atoms with E-state index >= 15 is 4.39 Å². The van der Waals surface area contributed by atoms with Gasteiger partial charge in [-0.1, -0.05) is 19.1 Å². The zero-order valence-corrected chi connectivity index (χ0v) is 27.1. The molecule has 1 aliphatic heterocycles. The van der Waals surface area contributed by atoms with Gasteiger partial charge in [-0.2, -0.15) is 5.10 Å². The van der Waals surface area contributed by atoms with Gasteiger partial charge in [-0.05, 0) is 69.7 Å². The average molecular weight is 649 g/mol. The Morgan fingerprint density at radius 2 is 1.59 bits per heavy atom. The smallest absolute Gasteiger partial charge is 0.410 e. The second-order valence-corrected chi connectivity index (χ2v) is 13.8. The Morgan fingerprint density at radius 1 is 0.935 bits per heavy atom. The van der Waals surface area contributed by atoms with Crippen molar-refractivity contribution in [1.82, 2.24) is 24.6 Å². The van der Waals surface area contributed by atoms with Crippen LogP contribution in [0.1, 0.15) is 44.5 Å². The lowest BCUT2D eigenvalue weighted by Crippen LogP contribution is -2.51. The molecule has 0 aliphatic carbocycles. The SMILES string of the molecule is CCCS(=O)(=O)Nc1cccc(-c2cn(-c3ccc(C(=O)N4CCN(C(=O)OC(C)(C)C)CC4)cc3)nc2-c2ccncc2)c1F. The molecule has 0 bridgehead atoms. The molecule has 3 heterocycles. The number of aromatic nitrogens is 3. The highest BCUT2D eigenvalue weighted by atomic mass is 32.2. The van der Waals surface area contributed by atoms with Crippen LogP contribution >= 0.6 is 0 Å². The van der Waals surface area contributed by atoms with E-state index in [4.69, 9.17) is 9.84 Å². The number of ether oxygens (including phenoxy) is 1. The highest BCUT2D eigenvalue weighted by molar-refractivity contribution is 7.92. The number of piperazine rings is 1. The number of benzene rings is 2. The van der Waals surface area contributed by atoms with Crippen molar-refractivity contribution in [3.8, 4) is 28.1 Å². The van der Waals surface area contributed by atoms with E-state index in [-0.39, 0.29) is 22.9 Å². The van der Waals surface area contributed by atoms with Crippen LogP contribution in [0, 0.1) is 5.82 Å². The van der Waals surface area contributed by atoms with E-state index in [2.05, 4.69) is 9.71 Å². The van der Waals surface area contributed by atoms with Gasteiger partial charge in [0.15, 0.2) is 5.82 Å². The third-order valence-corrected chi connectivity index (χ3v) is 8.77. The van der Waals surface area contributed by atoms with E-state index in [1.54, 1.807) is 88.5 Å². The van der Waals surface area contributed by atoms with Crippen LogP contribution in [-0.4, -0.2) is 82.5 Å². The molecule has 13 heteroatoms. The molecule has 0 saturated carbocycles. The van der Waals surface area contributed by atoms with Gasteiger partial charge >= 0.3 is 6.09 Å². The quantitative estimate of drug-likeness (QED) is 0.264. The van der Waals surface area contributed by atoms with E-state index in [1.807, 2.05) is 20.8 Å². The van der Waals surface area contributed by atoms with Crippen molar-refractivity contribution in [2.24, 2.45) is 0 Å². The van der Waals surface area contributed by atoms with Crippen LogP contribution in [0.25, 0.3) is 28.1 Å². The zero-order valence-electron chi connectivity index (χ0n) is 26.2. The number of nitrogens with zero attached hydrogens (tertiary/aromatic N) is 5. The average Bonchev–Trinajstić information content (AvgIpc) is 3.47. The highest BCUT2D eigenvalue weighted by Crippen LogP contribution is 2.36. The first-order valence-corrected chi connectivity index (χ1v) is 16.7. The standard InChI is InChI=1S/C33H37FN6O5S/c1-5-21-46(43,44)37-28-8-6-7-26(29(28)34)27-22-40(36-30(27)23-13-15-35-16-14-23)25-11-9-24(10-12-25)31(41)38-17-19-39(20-18-38)32(42)45-33(2,3)4/h6-16,22,37H,5,17-21H2,1-4H3. The monoisotopic (exact) mass is 648 g/mol. The maximum absolute atomic E-state index is 15.8. The number of anilines is 1. The highest BCUT2D eigenvalue weighted by Gasteiger charge is 2.28. The molecule has 1 fully saturated rings. The van der Waals surface area contributed by atoms with E-state index in [0.717, 1.165) is 0 Å². The number of carbonyl (C=O) groups excluding carboxylic acids is 2. The summed E-state index contributed by atoms with van der Waals surface area (Å²) in [5, 5.41) is 4.76. The van der Waals surface area contributed by atoms with Crippen LogP contribution in [0.3, 0.4) is 0 Å². The van der Waals surface area contributed by atoms with Gasteiger partial charge in [-0.3, -0.25) is 14.5 Å². The first-order chi connectivity index (χ1) is 21.8. The summed E-state index contributed by atoms with van der Waals surface area (Å²) < 4.78 is 50.0. The lowest BCUT2D eigenvalue weighted by molar-refractivity contribution is 0.0141. The second-order valence-electron chi connectivity index (χ2n) is 12.0. The number of sulfonamides is 1. The van der Waals surface area contributed by atoms with Gasteiger partial charge in [0, 0.05) is 67.0 Å². The number of hydrogen-bond acceptors (Lipinski definition) is 7. The molecule has 242 valence electrons. The van der Waals surface area contributed by atoms with Crippen LogP contribution in [0.2, 0.25) is 0 Å². The summed E-state index contributed by atoms with van der Waals surface area (Å²) in [6, 6.07) is 15.0. The molecule has 2 aromatic carbocycles. The molecule has 2 amide bonds. The summed E-state index contributed by atoms with van der Waals surface area (Å²) in [6.45, 7) is 8.71. The van der Waals surface area contributed by atoms with Gasteiger partial charge in [0.05, 0.1) is 17.1 Å². The molecule has 0 unspecified atom stereocenters. The Morgan fingerprint density at radius 3 is 2.22 bits per heavy atom. The molecule has 5 rings (SSSR count). The fraction of sp³-hybridized carbons (Fsp3) is 0.333. The number of nitrogens with one attached hydrogen (secondary N) is 1. The van der Waals surface area contributed by atoms with E-state index < -0.39 is 27.5 Å². The Hall–Kier alpha value is -4.78. The molecule has 0 spiro atoms. The predicted octanol–water partition coefficient (Wildman–Crippen LogP) is 5.59. The first-order valence-electron chi connectivity index (χ1n) is 15.0. The van der Waals surface area contributed by atoms with Crippen LogP contribution in [0.4, 0.5) is 14.9 Å². The molecule has 0 atom stereocenters. The predicted molar refractivity (Wildman–Crippen MR) is 174 cm³/mol. The van der Waals surface area contributed by atoms with Crippen LogP contribution in [-0.2, 0) is 14.8 Å². The number of carbonyl (C=O) groups is 2. The van der Waals surface area contributed by atoms with E-state index in [9.17, 15) is 18.0 Å². The van der Waals surface area contributed by atoms with Gasteiger partial charge in [0.1, 0.15) is 11.3 Å². The first kappa shape index (κ1) is 32.6. The lowest BCUT2D eigenvalue weighted by Gasteiger charge is -2.35. The Labute approximate surface area is 268 Å². The summed E-state index contributed by atoms with van der Waals surface area (Å²) in [5.41, 5.74) is 2.16. The molecule has 1 N–H and O–H groups in total. The van der Waals surface area contributed by atoms with Crippen molar-refractivity contribution < 1.29 is 27.1 Å². The normalized spacial score (nSPS) is 13.8. The van der Waals surface area contributed by atoms with E-state index in [0.29, 0.717) is 60.7 Å². The topological polar surface area (TPSA) is 127 Å². The van der Waals surface area contributed by atoms with Crippen molar-refractivity contribution in [3.05, 3.63) is 84.6 Å². The molecule has 1 aliphatic rings. The Balaban J connectivity index is 1.39. The Bertz CT molecular complexity index is 1810. The largest absolute Gasteiger partial charge is 0.444 e. The summed E-state index contributed by atoms with van der Waals surface area (Å²) in [6.07, 6.45) is 4.89. The van der Waals surface area contributed by atoms with E-state index in [1.165, 1.54) is 6.07 Å². The molecule has 4 aromatic rings. The van der Waals surface area contributed by atoms with Crippen LogP contribution < -0.4 is 4.72 Å². The van der Waals surface area contributed by atoms with Crippen molar-refractivity contribution >= 4 is 27.7 Å². The number of pyridine rings is 1. The minimum Gasteiger partial charge on any atom is -0.444 e. The fourth-order valence-electron chi connectivity index (χ4n) is 5.09. The molecule has 11 nitrogen and oxygen atoms in total. The lowest BCUT2D eigenvalue weighted by atomic mass is 10.0. The van der Waals surface area contributed by atoms with Crippen molar-refractivity contribution in [2.45, 2.75) is 39.7 Å². The summed E-state index contributed by atoms with van der Waals surface area (Å²) in [7, 11) is -3.71. The minimum absolute atomic E-state index is 0.127. The van der Waals surface area contributed by atoms with Gasteiger partial charge in [0.25, 0.3) is 5.91 Å². The van der Waals surface area contributed by atoms with Gasteiger partial charge in [0.2, 0.25) is 10.0 Å². The number of rotatable bonds is 8. The second kappa shape index (κ2) is 13.3. The van der Waals surface area contributed by atoms with Crippen LogP contribution in [0.15, 0.2) is 73.2 Å². The molecule has 0 radical (unpaired) electrons. The van der Waals surface area contributed by atoms with Gasteiger partial charge in [-0.25, -0.2) is 22.3 Å². The maximum Gasteiger partial charge on any atom is 0.410 e. The minimum atomic E-state index is -3.71. The van der Waals surface area contributed by atoms with Gasteiger partial charge in [-0.15, -0.1) is 0 Å². The third kappa shape index (κ3) is 7.53.